The number of carbonyl (C=O) groups excluding carboxylic acids is 1. The van der Waals surface area contributed by atoms with E-state index in [1.54, 1.807) is 6.08 Å². The van der Waals surface area contributed by atoms with E-state index in [-0.39, 0.29) is 18.6 Å². The molecule has 1 amide bonds. The molecule has 0 saturated carbocycles. The number of hydrogen-bond donors (Lipinski definition) is 2. The molecule has 2 N–H and O–H groups in total. The maximum absolute atomic E-state index is 12.8. The zero-order chi connectivity index (χ0) is 23.3. The van der Waals surface area contributed by atoms with Crippen LogP contribution in [0.25, 0.3) is 5.52 Å². The summed E-state index contributed by atoms with van der Waals surface area (Å²) in [6.07, 6.45) is 7.86. The van der Waals surface area contributed by atoms with Gasteiger partial charge in [-0.25, -0.2) is 9.50 Å². The predicted molar refractivity (Wildman–Crippen MR) is 128 cm³/mol. The summed E-state index contributed by atoms with van der Waals surface area (Å²) in [7, 11) is 0. The quantitative estimate of drug-likeness (QED) is 0.516. The zero-order valence-corrected chi connectivity index (χ0v) is 19.1. The number of aromatic nitrogens is 3. The van der Waals surface area contributed by atoms with E-state index in [0.29, 0.717) is 18.9 Å². The second-order valence-electron chi connectivity index (χ2n) is 8.65. The highest BCUT2D eigenvalue weighted by Gasteiger charge is 2.25. The first-order valence-electron chi connectivity index (χ1n) is 11.7. The Kier molecular flexibility index (Phi) is 6.84. The SMILES string of the molecule is O=C(C=CCN1CCOCC1)N1CCc2c(cn3ncnc(NC(CO)c4ccccc4)c23)C1. The van der Waals surface area contributed by atoms with Crippen LogP contribution >= 0.6 is 0 Å². The standard InChI is InChI=1S/C25H30N6O3/c32-17-22(19-5-2-1-3-6-19)28-25-24-21-8-10-30(15-20(21)16-31(24)27-18-26-25)23(33)7-4-9-29-11-13-34-14-12-29/h1-7,16,18,22,32H,8-15,17H2,(H,26,27,28). The number of morpholine rings is 1. The lowest BCUT2D eigenvalue weighted by molar-refractivity contribution is -0.126. The number of anilines is 1. The molecule has 5 rings (SSSR count). The molecule has 9 nitrogen and oxygen atoms in total. The molecule has 4 heterocycles. The molecule has 0 aliphatic carbocycles. The number of carbonyl (C=O) groups is 1. The van der Waals surface area contributed by atoms with Crippen LogP contribution < -0.4 is 5.32 Å². The van der Waals surface area contributed by atoms with Crippen molar-refractivity contribution in [2.24, 2.45) is 0 Å². The van der Waals surface area contributed by atoms with Crippen LogP contribution in [0.1, 0.15) is 22.7 Å². The van der Waals surface area contributed by atoms with E-state index in [1.807, 2.05) is 52.0 Å². The van der Waals surface area contributed by atoms with Gasteiger partial charge in [-0.1, -0.05) is 36.4 Å². The monoisotopic (exact) mass is 462 g/mol. The third kappa shape index (κ3) is 4.82. The van der Waals surface area contributed by atoms with Gasteiger partial charge in [0.25, 0.3) is 0 Å². The number of benzene rings is 1. The summed E-state index contributed by atoms with van der Waals surface area (Å²) in [5.74, 6) is 0.715. The summed E-state index contributed by atoms with van der Waals surface area (Å²) in [6, 6.07) is 9.55. The van der Waals surface area contributed by atoms with Crippen LogP contribution in [0, 0.1) is 0 Å². The van der Waals surface area contributed by atoms with Gasteiger partial charge >= 0.3 is 0 Å². The highest BCUT2D eigenvalue weighted by molar-refractivity contribution is 5.88. The average Bonchev–Trinajstić information content (AvgIpc) is 3.27. The van der Waals surface area contributed by atoms with Crippen molar-refractivity contribution in [1.82, 2.24) is 24.4 Å². The largest absolute Gasteiger partial charge is 0.394 e. The number of fused-ring (bicyclic) bond motifs is 3. The molecule has 1 aromatic carbocycles. The predicted octanol–water partition coefficient (Wildman–Crippen LogP) is 1.65. The molecule has 0 spiro atoms. The van der Waals surface area contributed by atoms with Gasteiger partial charge in [0.1, 0.15) is 11.8 Å². The lowest BCUT2D eigenvalue weighted by Crippen LogP contribution is -2.37. The Bertz CT molecular complexity index is 1160. The molecule has 34 heavy (non-hydrogen) atoms. The normalized spacial score (nSPS) is 17.7. The molecular weight excluding hydrogens is 432 g/mol. The van der Waals surface area contributed by atoms with Gasteiger partial charge in [-0.05, 0) is 23.1 Å². The van der Waals surface area contributed by atoms with Crippen LogP contribution in [-0.2, 0) is 22.5 Å². The van der Waals surface area contributed by atoms with Crippen molar-refractivity contribution in [3.05, 3.63) is 71.7 Å². The first-order valence-corrected chi connectivity index (χ1v) is 11.7. The van der Waals surface area contributed by atoms with Gasteiger partial charge in [0.05, 0.1) is 25.9 Å². The fourth-order valence-corrected chi connectivity index (χ4v) is 4.64. The topological polar surface area (TPSA) is 95.2 Å². The molecule has 9 heteroatoms. The number of aliphatic hydroxyl groups is 1. The van der Waals surface area contributed by atoms with E-state index >= 15 is 0 Å². The molecule has 0 radical (unpaired) electrons. The van der Waals surface area contributed by atoms with Crippen LogP contribution in [0.4, 0.5) is 5.82 Å². The van der Waals surface area contributed by atoms with Gasteiger partial charge in [0.15, 0.2) is 5.82 Å². The Morgan fingerprint density at radius 1 is 1.21 bits per heavy atom. The summed E-state index contributed by atoms with van der Waals surface area (Å²) < 4.78 is 7.19. The van der Waals surface area contributed by atoms with Crippen LogP contribution in [0.3, 0.4) is 0 Å². The number of nitrogens with one attached hydrogen (secondary N) is 1. The Morgan fingerprint density at radius 2 is 2.03 bits per heavy atom. The van der Waals surface area contributed by atoms with Crippen molar-refractivity contribution in [3.8, 4) is 0 Å². The van der Waals surface area contributed by atoms with E-state index in [0.717, 1.165) is 61.5 Å². The van der Waals surface area contributed by atoms with Crippen LogP contribution in [-0.4, -0.2) is 81.4 Å². The zero-order valence-electron chi connectivity index (χ0n) is 19.1. The second kappa shape index (κ2) is 10.3. The number of nitrogens with zero attached hydrogens (tertiary/aromatic N) is 5. The van der Waals surface area contributed by atoms with E-state index in [1.165, 1.54) is 6.33 Å². The highest BCUT2D eigenvalue weighted by Crippen LogP contribution is 2.30. The maximum Gasteiger partial charge on any atom is 0.246 e. The molecule has 2 aliphatic heterocycles. The highest BCUT2D eigenvalue weighted by atomic mass is 16.5. The minimum absolute atomic E-state index is 0.0306. The molecule has 0 bridgehead atoms. The van der Waals surface area contributed by atoms with Crippen LogP contribution in [0.15, 0.2) is 55.0 Å². The van der Waals surface area contributed by atoms with Crippen molar-refractivity contribution in [1.29, 1.82) is 0 Å². The number of ether oxygens (including phenoxy) is 1. The Balaban J connectivity index is 1.30. The molecule has 3 aromatic rings. The molecule has 2 aliphatic rings. The van der Waals surface area contributed by atoms with Crippen LogP contribution in [0.5, 0.6) is 0 Å². The summed E-state index contributed by atoms with van der Waals surface area (Å²) in [5.41, 5.74) is 4.11. The minimum atomic E-state index is -0.274. The van der Waals surface area contributed by atoms with Crippen molar-refractivity contribution in [3.63, 3.8) is 0 Å². The molecule has 1 unspecified atom stereocenters. The number of rotatable bonds is 7. The third-order valence-electron chi connectivity index (χ3n) is 6.50. The average molecular weight is 463 g/mol. The lowest BCUT2D eigenvalue weighted by atomic mass is 10.0. The first-order chi connectivity index (χ1) is 16.7. The molecule has 1 atom stereocenters. The smallest absolute Gasteiger partial charge is 0.246 e. The van der Waals surface area contributed by atoms with Gasteiger partial charge in [0.2, 0.25) is 5.91 Å². The van der Waals surface area contributed by atoms with E-state index < -0.39 is 0 Å². The molecule has 1 saturated heterocycles. The van der Waals surface area contributed by atoms with Gasteiger partial charge in [-0.15, -0.1) is 0 Å². The number of aliphatic hydroxyl groups excluding tert-OH is 1. The van der Waals surface area contributed by atoms with Gasteiger partial charge in [-0.3, -0.25) is 9.69 Å². The summed E-state index contributed by atoms with van der Waals surface area (Å²) >= 11 is 0. The second-order valence-corrected chi connectivity index (χ2v) is 8.65. The van der Waals surface area contributed by atoms with Crippen molar-refractivity contribution in [2.75, 3.05) is 51.3 Å². The lowest BCUT2D eigenvalue weighted by Gasteiger charge is -2.27. The van der Waals surface area contributed by atoms with Gasteiger partial charge in [-0.2, -0.15) is 5.10 Å². The van der Waals surface area contributed by atoms with Gasteiger partial charge in [0, 0.05) is 45.0 Å². The maximum atomic E-state index is 12.8. The summed E-state index contributed by atoms with van der Waals surface area (Å²) in [5, 5.41) is 17.8. The van der Waals surface area contributed by atoms with E-state index in [4.69, 9.17) is 4.74 Å². The fraction of sp³-hybridized carbons (Fsp3) is 0.400. The first kappa shape index (κ1) is 22.5. The Labute approximate surface area is 198 Å². The van der Waals surface area contributed by atoms with E-state index in [2.05, 4.69) is 20.3 Å². The van der Waals surface area contributed by atoms with Crippen molar-refractivity contribution < 1.29 is 14.6 Å². The molecule has 178 valence electrons. The van der Waals surface area contributed by atoms with Gasteiger partial charge < -0.3 is 20.1 Å². The molecule has 1 fully saturated rings. The Hall–Kier alpha value is -3.27. The van der Waals surface area contributed by atoms with Crippen molar-refractivity contribution >= 4 is 17.2 Å². The number of amides is 1. The third-order valence-corrected chi connectivity index (χ3v) is 6.50. The summed E-state index contributed by atoms with van der Waals surface area (Å²) in [6.45, 7) is 5.21. The van der Waals surface area contributed by atoms with Crippen molar-refractivity contribution in [2.45, 2.75) is 19.0 Å². The Morgan fingerprint density at radius 3 is 2.82 bits per heavy atom. The van der Waals surface area contributed by atoms with E-state index in [9.17, 15) is 9.90 Å². The summed E-state index contributed by atoms with van der Waals surface area (Å²) in [4.78, 5) is 21.4. The van der Waals surface area contributed by atoms with Crippen LogP contribution in [0.2, 0.25) is 0 Å². The minimum Gasteiger partial charge on any atom is -0.394 e. The fourth-order valence-electron chi connectivity index (χ4n) is 4.64. The molecular formula is C25H30N6O3. The molecule has 2 aromatic heterocycles. The number of hydrogen-bond acceptors (Lipinski definition) is 7.